The van der Waals surface area contributed by atoms with Gasteiger partial charge in [-0.05, 0) is 0 Å². The van der Waals surface area contributed by atoms with Crippen molar-refractivity contribution in [2.24, 2.45) is 5.73 Å². The summed E-state index contributed by atoms with van der Waals surface area (Å²) in [4.78, 5) is 3.75. The van der Waals surface area contributed by atoms with Crippen molar-refractivity contribution in [1.29, 1.82) is 0 Å². The minimum Gasteiger partial charge on any atom is -0.489 e. The fraction of sp³-hybridized carbons (Fsp3) is 0.444. The zero-order chi connectivity index (χ0) is 13.1. The van der Waals surface area contributed by atoms with Crippen LogP contribution in [0.2, 0.25) is 0 Å². The molecule has 0 radical (unpaired) electrons. The summed E-state index contributed by atoms with van der Waals surface area (Å²) in [6.45, 7) is -0.168. The minimum absolute atomic E-state index is 0.0694. The van der Waals surface area contributed by atoms with Gasteiger partial charge in [-0.1, -0.05) is 0 Å². The van der Waals surface area contributed by atoms with E-state index in [-0.39, 0.29) is 23.7 Å². The van der Waals surface area contributed by atoms with Crippen molar-refractivity contribution in [2.75, 3.05) is 14.2 Å². The second-order valence-corrected chi connectivity index (χ2v) is 2.91. The quantitative estimate of drug-likeness (QED) is 0.878. The van der Waals surface area contributed by atoms with Crippen LogP contribution in [0.1, 0.15) is 5.56 Å². The molecule has 0 spiro atoms. The summed E-state index contributed by atoms with van der Waals surface area (Å²) < 4.78 is 50.1. The lowest BCUT2D eigenvalue weighted by Crippen LogP contribution is -2.19. The van der Waals surface area contributed by atoms with Crippen molar-refractivity contribution in [1.82, 2.24) is 4.98 Å². The van der Waals surface area contributed by atoms with Crippen molar-refractivity contribution >= 4 is 0 Å². The van der Waals surface area contributed by atoms with Crippen LogP contribution in [0.25, 0.3) is 0 Å². The molecule has 1 rings (SSSR count). The van der Waals surface area contributed by atoms with Gasteiger partial charge in [0.2, 0.25) is 5.75 Å². The molecule has 0 aliphatic heterocycles. The van der Waals surface area contributed by atoms with Gasteiger partial charge in [0, 0.05) is 18.3 Å². The van der Waals surface area contributed by atoms with Gasteiger partial charge in [0.25, 0.3) is 5.88 Å². The van der Waals surface area contributed by atoms with E-state index < -0.39 is 12.1 Å². The van der Waals surface area contributed by atoms with E-state index in [0.29, 0.717) is 0 Å². The standard InChI is InChI=1S/C9H11F3N2O3/c1-15-7-6(17-9(10,11)12)5(3-13)4-14-8(7)16-2/h4H,3,13H2,1-2H3. The molecule has 8 heteroatoms. The summed E-state index contributed by atoms with van der Waals surface area (Å²) in [7, 11) is 2.44. The van der Waals surface area contributed by atoms with Gasteiger partial charge < -0.3 is 19.9 Å². The third-order valence-electron chi connectivity index (χ3n) is 1.86. The molecule has 1 aromatic rings. The maximum absolute atomic E-state index is 12.2. The number of hydrogen-bond donors (Lipinski definition) is 1. The second kappa shape index (κ2) is 5.09. The molecular formula is C9H11F3N2O3. The smallest absolute Gasteiger partial charge is 0.489 e. The summed E-state index contributed by atoms with van der Waals surface area (Å²) in [5.74, 6) is -0.883. The Bertz CT molecular complexity index is 396. The number of nitrogens with zero attached hydrogens (tertiary/aromatic N) is 1. The molecular weight excluding hydrogens is 241 g/mol. The molecule has 0 unspecified atom stereocenters. The maximum Gasteiger partial charge on any atom is 0.573 e. The third-order valence-corrected chi connectivity index (χ3v) is 1.86. The van der Waals surface area contributed by atoms with Gasteiger partial charge in [-0.15, -0.1) is 13.2 Å². The molecule has 0 aromatic carbocycles. The number of rotatable bonds is 4. The number of aromatic nitrogens is 1. The Morgan fingerprint density at radius 1 is 1.24 bits per heavy atom. The Kier molecular flexibility index (Phi) is 4.00. The normalized spacial score (nSPS) is 11.2. The SMILES string of the molecule is COc1ncc(CN)c(OC(F)(F)F)c1OC. The number of hydrogen-bond acceptors (Lipinski definition) is 5. The Labute approximate surface area is 95.3 Å². The zero-order valence-corrected chi connectivity index (χ0v) is 9.17. The first-order valence-electron chi connectivity index (χ1n) is 4.48. The maximum atomic E-state index is 12.2. The molecule has 0 saturated heterocycles. The fourth-order valence-corrected chi connectivity index (χ4v) is 1.20. The molecule has 2 N–H and O–H groups in total. The van der Waals surface area contributed by atoms with Gasteiger partial charge in [0.1, 0.15) is 0 Å². The van der Waals surface area contributed by atoms with Gasteiger partial charge in [-0.2, -0.15) is 0 Å². The van der Waals surface area contributed by atoms with Crippen LogP contribution in [0, 0.1) is 0 Å². The van der Waals surface area contributed by atoms with E-state index in [4.69, 9.17) is 15.2 Å². The van der Waals surface area contributed by atoms with Crippen molar-refractivity contribution in [3.8, 4) is 17.4 Å². The molecule has 96 valence electrons. The van der Waals surface area contributed by atoms with Gasteiger partial charge in [0.05, 0.1) is 14.2 Å². The van der Waals surface area contributed by atoms with Crippen LogP contribution in [-0.4, -0.2) is 25.6 Å². The Hall–Kier alpha value is -1.70. The van der Waals surface area contributed by atoms with Crippen molar-refractivity contribution in [3.63, 3.8) is 0 Å². The molecule has 0 bridgehead atoms. The first-order chi connectivity index (χ1) is 7.92. The van der Waals surface area contributed by atoms with E-state index in [1.165, 1.54) is 14.2 Å². The highest BCUT2D eigenvalue weighted by molar-refractivity contribution is 5.51. The van der Waals surface area contributed by atoms with E-state index in [1.54, 1.807) is 0 Å². The van der Waals surface area contributed by atoms with Gasteiger partial charge >= 0.3 is 6.36 Å². The summed E-state index contributed by atoms with van der Waals surface area (Å²) >= 11 is 0. The van der Waals surface area contributed by atoms with E-state index in [2.05, 4.69) is 9.72 Å². The molecule has 5 nitrogen and oxygen atoms in total. The minimum atomic E-state index is -4.84. The summed E-state index contributed by atoms with van der Waals surface area (Å²) in [6, 6.07) is 0. The van der Waals surface area contributed by atoms with Crippen LogP contribution in [-0.2, 0) is 6.54 Å². The number of methoxy groups -OCH3 is 2. The van der Waals surface area contributed by atoms with Crippen molar-refractivity contribution < 1.29 is 27.4 Å². The van der Waals surface area contributed by atoms with Crippen LogP contribution < -0.4 is 19.9 Å². The van der Waals surface area contributed by atoms with Crippen LogP contribution in [0.15, 0.2) is 6.20 Å². The predicted molar refractivity (Wildman–Crippen MR) is 51.9 cm³/mol. The molecule has 1 heterocycles. The molecule has 17 heavy (non-hydrogen) atoms. The van der Waals surface area contributed by atoms with Gasteiger partial charge in [-0.25, -0.2) is 4.98 Å². The van der Waals surface area contributed by atoms with Crippen molar-refractivity contribution in [2.45, 2.75) is 12.9 Å². The van der Waals surface area contributed by atoms with E-state index in [1.807, 2.05) is 0 Å². The lowest BCUT2D eigenvalue weighted by molar-refractivity contribution is -0.275. The zero-order valence-electron chi connectivity index (χ0n) is 9.17. The molecule has 0 fully saturated rings. The number of ether oxygens (including phenoxy) is 3. The topological polar surface area (TPSA) is 66.6 Å². The molecule has 1 aromatic heterocycles. The second-order valence-electron chi connectivity index (χ2n) is 2.91. The monoisotopic (exact) mass is 252 g/mol. The fourth-order valence-electron chi connectivity index (χ4n) is 1.20. The molecule has 0 amide bonds. The highest BCUT2D eigenvalue weighted by Crippen LogP contribution is 2.40. The average Bonchev–Trinajstić information content (AvgIpc) is 2.26. The van der Waals surface area contributed by atoms with Crippen LogP contribution in [0.4, 0.5) is 13.2 Å². The number of alkyl halides is 3. The highest BCUT2D eigenvalue weighted by Gasteiger charge is 2.34. The van der Waals surface area contributed by atoms with Crippen molar-refractivity contribution in [3.05, 3.63) is 11.8 Å². The lowest BCUT2D eigenvalue weighted by Gasteiger charge is -2.16. The Balaban J connectivity index is 3.30. The van der Waals surface area contributed by atoms with E-state index in [9.17, 15) is 13.2 Å². The Morgan fingerprint density at radius 2 is 1.88 bits per heavy atom. The number of halogens is 3. The van der Waals surface area contributed by atoms with Crippen LogP contribution >= 0.6 is 0 Å². The Morgan fingerprint density at radius 3 is 2.29 bits per heavy atom. The molecule has 0 aliphatic rings. The van der Waals surface area contributed by atoms with Crippen LogP contribution in [0.5, 0.6) is 17.4 Å². The van der Waals surface area contributed by atoms with E-state index >= 15 is 0 Å². The molecule has 0 aliphatic carbocycles. The molecule has 0 saturated carbocycles. The first-order valence-corrected chi connectivity index (χ1v) is 4.48. The lowest BCUT2D eigenvalue weighted by atomic mass is 10.2. The third kappa shape index (κ3) is 3.13. The summed E-state index contributed by atoms with van der Waals surface area (Å²) in [6.07, 6.45) is -3.70. The van der Waals surface area contributed by atoms with Crippen LogP contribution in [0.3, 0.4) is 0 Å². The highest BCUT2D eigenvalue weighted by atomic mass is 19.4. The number of pyridine rings is 1. The van der Waals surface area contributed by atoms with Gasteiger partial charge in [-0.3, -0.25) is 0 Å². The molecule has 0 atom stereocenters. The predicted octanol–water partition coefficient (Wildman–Crippen LogP) is 1.46. The number of nitrogens with two attached hydrogens (primary N) is 1. The van der Waals surface area contributed by atoms with E-state index in [0.717, 1.165) is 6.20 Å². The summed E-state index contributed by atoms with van der Waals surface area (Å²) in [5.41, 5.74) is 5.37. The first kappa shape index (κ1) is 13.4. The summed E-state index contributed by atoms with van der Waals surface area (Å²) in [5, 5.41) is 0. The largest absolute Gasteiger partial charge is 0.573 e. The average molecular weight is 252 g/mol. The van der Waals surface area contributed by atoms with Gasteiger partial charge in [0.15, 0.2) is 5.75 Å².